The maximum absolute atomic E-state index is 12.6. The van der Waals surface area contributed by atoms with Gasteiger partial charge in [0.15, 0.2) is 11.5 Å². The highest BCUT2D eigenvalue weighted by Gasteiger charge is 2.15. The van der Waals surface area contributed by atoms with Crippen molar-refractivity contribution in [1.82, 2.24) is 0 Å². The quantitative estimate of drug-likeness (QED) is 0.213. The molecule has 34 heavy (non-hydrogen) atoms. The van der Waals surface area contributed by atoms with Gasteiger partial charge in [0.2, 0.25) is 0 Å². The normalized spacial score (nSPS) is 10.8. The summed E-state index contributed by atoms with van der Waals surface area (Å²) in [5.74, 6) is -0.626. The molecule has 0 heterocycles. The molecule has 8 heteroatoms. The number of carbonyl (C=O) groups excluding carboxylic acids is 1. The summed E-state index contributed by atoms with van der Waals surface area (Å²) in [6.45, 7) is 2.39. The smallest absolute Gasteiger partial charge is 0.335 e. The van der Waals surface area contributed by atoms with Gasteiger partial charge in [0.25, 0.3) is 5.91 Å². The van der Waals surface area contributed by atoms with Crippen molar-refractivity contribution >= 4 is 46.2 Å². The number of carbonyl (C=O) groups is 2. The molecule has 0 aliphatic carbocycles. The second kappa shape index (κ2) is 11.3. The second-order valence-corrected chi connectivity index (χ2v) is 8.48. The summed E-state index contributed by atoms with van der Waals surface area (Å²) in [5, 5.41) is 21.1. The van der Waals surface area contributed by atoms with Gasteiger partial charge < -0.3 is 19.9 Å². The second-order valence-electron chi connectivity index (χ2n) is 7.31. The van der Waals surface area contributed by atoms with E-state index >= 15 is 0 Å². The third-order valence-electron chi connectivity index (χ3n) is 4.82. The van der Waals surface area contributed by atoms with Crippen molar-refractivity contribution < 1.29 is 24.2 Å². The highest BCUT2D eigenvalue weighted by Crippen LogP contribution is 2.35. The number of nitriles is 1. The molecule has 0 spiro atoms. The molecule has 172 valence electrons. The number of hydrogen-bond acceptors (Lipinski definition) is 5. The fraction of sp³-hybridized carbons (Fsp3) is 0.115. The van der Waals surface area contributed by atoms with Crippen molar-refractivity contribution in [3.8, 4) is 17.6 Å². The number of nitrogens with one attached hydrogen (secondary N) is 1. The maximum Gasteiger partial charge on any atom is 0.335 e. The van der Waals surface area contributed by atoms with E-state index in [1.165, 1.54) is 43.0 Å². The van der Waals surface area contributed by atoms with E-state index in [1.54, 1.807) is 12.1 Å². The molecule has 7 nitrogen and oxygen atoms in total. The molecule has 0 fully saturated rings. The first-order chi connectivity index (χ1) is 16.3. The van der Waals surface area contributed by atoms with Crippen molar-refractivity contribution in [3.05, 3.63) is 92.1 Å². The topological polar surface area (TPSA) is 109 Å². The molecule has 0 atom stereocenters. The van der Waals surface area contributed by atoms with E-state index in [0.29, 0.717) is 29.4 Å². The van der Waals surface area contributed by atoms with Crippen LogP contribution >= 0.6 is 22.6 Å². The monoisotopic (exact) mass is 568 g/mol. The molecule has 0 radical (unpaired) electrons. The minimum absolute atomic E-state index is 0.0976. The van der Waals surface area contributed by atoms with Crippen LogP contribution in [0.2, 0.25) is 0 Å². The van der Waals surface area contributed by atoms with Crippen LogP contribution in [0.25, 0.3) is 6.08 Å². The Morgan fingerprint density at radius 2 is 1.79 bits per heavy atom. The summed E-state index contributed by atoms with van der Waals surface area (Å²) in [6.07, 6.45) is 1.45. The van der Waals surface area contributed by atoms with Crippen LogP contribution in [0.4, 0.5) is 5.69 Å². The number of methoxy groups -OCH3 is 1. The van der Waals surface area contributed by atoms with E-state index in [9.17, 15) is 14.9 Å². The van der Waals surface area contributed by atoms with Gasteiger partial charge in [-0.2, -0.15) is 5.26 Å². The molecular formula is C26H21IN2O5. The highest BCUT2D eigenvalue weighted by molar-refractivity contribution is 14.1. The molecule has 3 aromatic carbocycles. The maximum atomic E-state index is 12.6. The summed E-state index contributed by atoms with van der Waals surface area (Å²) >= 11 is 2.12. The summed E-state index contributed by atoms with van der Waals surface area (Å²) in [6, 6.07) is 19.1. The molecular weight excluding hydrogens is 547 g/mol. The third-order valence-corrected chi connectivity index (χ3v) is 5.62. The number of halogens is 1. The average molecular weight is 568 g/mol. The Balaban J connectivity index is 1.78. The lowest BCUT2D eigenvalue weighted by atomic mass is 10.1. The number of aryl methyl sites for hydroxylation is 1. The number of carboxylic acid groups (broad SMARTS) is 1. The van der Waals surface area contributed by atoms with Crippen LogP contribution in [0.5, 0.6) is 11.5 Å². The van der Waals surface area contributed by atoms with Gasteiger partial charge in [-0.3, -0.25) is 4.79 Å². The number of amides is 1. The lowest BCUT2D eigenvalue weighted by Gasteiger charge is -2.14. The molecule has 3 rings (SSSR count). The molecule has 0 aromatic heterocycles. The molecule has 1 amide bonds. The Bertz CT molecular complexity index is 1280. The number of anilines is 1. The van der Waals surface area contributed by atoms with Gasteiger partial charge in [-0.1, -0.05) is 29.8 Å². The van der Waals surface area contributed by atoms with Crippen LogP contribution in [0, 0.1) is 21.8 Å². The van der Waals surface area contributed by atoms with Crippen molar-refractivity contribution in [1.29, 1.82) is 5.26 Å². The first kappa shape index (κ1) is 24.8. The zero-order chi connectivity index (χ0) is 24.7. The zero-order valence-electron chi connectivity index (χ0n) is 18.5. The van der Waals surface area contributed by atoms with Crippen LogP contribution in [0.1, 0.15) is 27.0 Å². The number of hydrogen-bond donors (Lipinski definition) is 2. The number of nitrogens with zero attached hydrogens (tertiary/aromatic N) is 1. The molecule has 0 unspecified atom stereocenters. The Kier molecular flexibility index (Phi) is 8.27. The number of benzene rings is 3. The molecule has 0 bridgehead atoms. The van der Waals surface area contributed by atoms with E-state index < -0.39 is 11.9 Å². The average Bonchev–Trinajstić information content (AvgIpc) is 2.82. The first-order valence-corrected chi connectivity index (χ1v) is 11.2. The third kappa shape index (κ3) is 6.36. The van der Waals surface area contributed by atoms with E-state index in [0.717, 1.165) is 9.13 Å². The first-order valence-electron chi connectivity index (χ1n) is 10.1. The van der Waals surface area contributed by atoms with E-state index in [-0.39, 0.29) is 11.1 Å². The predicted molar refractivity (Wildman–Crippen MR) is 137 cm³/mol. The summed E-state index contributed by atoms with van der Waals surface area (Å²) in [4.78, 5) is 23.5. The van der Waals surface area contributed by atoms with Gasteiger partial charge >= 0.3 is 5.97 Å². The van der Waals surface area contributed by atoms with Crippen molar-refractivity contribution in [2.24, 2.45) is 0 Å². The number of rotatable bonds is 8. The Hall–Kier alpha value is -3.84. The number of carboxylic acids is 1. The van der Waals surface area contributed by atoms with Crippen molar-refractivity contribution in [2.45, 2.75) is 13.5 Å². The number of ether oxygens (including phenoxy) is 2. The SMILES string of the molecule is COc1cc(/C=C(\C#N)C(=O)Nc2ccc(C(=O)O)cc2)cc(I)c1OCc1ccc(C)cc1. The Morgan fingerprint density at radius 3 is 2.38 bits per heavy atom. The standard InChI is InChI=1S/C26H21IN2O5/c1-16-3-5-17(6-4-16)15-34-24-22(27)12-18(13-23(24)33-2)11-20(14-28)25(30)29-21-9-7-19(8-10-21)26(31)32/h3-13H,15H2,1-2H3,(H,29,30)(H,31,32)/b20-11+. The van der Waals surface area contributed by atoms with Crippen molar-refractivity contribution in [2.75, 3.05) is 12.4 Å². The Labute approximate surface area is 210 Å². The molecule has 0 saturated carbocycles. The van der Waals surface area contributed by atoms with E-state index in [4.69, 9.17) is 14.6 Å². The fourth-order valence-electron chi connectivity index (χ4n) is 3.01. The van der Waals surface area contributed by atoms with Crippen LogP contribution in [0.3, 0.4) is 0 Å². The minimum Gasteiger partial charge on any atom is -0.493 e. The van der Waals surface area contributed by atoms with E-state index in [2.05, 4.69) is 27.9 Å². The van der Waals surface area contributed by atoms with E-state index in [1.807, 2.05) is 37.3 Å². The highest BCUT2D eigenvalue weighted by atomic mass is 127. The summed E-state index contributed by atoms with van der Waals surface area (Å²) < 4.78 is 12.2. The summed E-state index contributed by atoms with van der Waals surface area (Å²) in [5.41, 5.74) is 3.14. The molecule has 3 aromatic rings. The van der Waals surface area contributed by atoms with Crippen LogP contribution in [0.15, 0.2) is 66.2 Å². The van der Waals surface area contributed by atoms with Crippen LogP contribution in [-0.2, 0) is 11.4 Å². The van der Waals surface area contributed by atoms with Gasteiger partial charge in [-0.15, -0.1) is 0 Å². The van der Waals surface area contributed by atoms with Gasteiger partial charge in [-0.05, 0) is 83.1 Å². The minimum atomic E-state index is -1.06. The molecule has 0 aliphatic rings. The van der Waals surface area contributed by atoms with Gasteiger partial charge in [0.05, 0.1) is 16.2 Å². The Morgan fingerprint density at radius 1 is 1.12 bits per heavy atom. The van der Waals surface area contributed by atoms with Gasteiger partial charge in [-0.25, -0.2) is 4.79 Å². The van der Waals surface area contributed by atoms with Gasteiger partial charge in [0.1, 0.15) is 18.2 Å². The number of aromatic carboxylic acids is 1. The van der Waals surface area contributed by atoms with Crippen molar-refractivity contribution in [3.63, 3.8) is 0 Å². The molecule has 2 N–H and O–H groups in total. The fourth-order valence-corrected chi connectivity index (χ4v) is 3.79. The molecule has 0 saturated heterocycles. The predicted octanol–water partition coefficient (Wildman–Crippen LogP) is 5.43. The molecule has 0 aliphatic heterocycles. The summed E-state index contributed by atoms with van der Waals surface area (Å²) in [7, 11) is 1.52. The van der Waals surface area contributed by atoms with Crippen LogP contribution < -0.4 is 14.8 Å². The zero-order valence-corrected chi connectivity index (χ0v) is 20.6. The van der Waals surface area contributed by atoms with Crippen LogP contribution in [-0.4, -0.2) is 24.1 Å². The lowest BCUT2D eigenvalue weighted by molar-refractivity contribution is -0.112. The van der Waals surface area contributed by atoms with Gasteiger partial charge in [0, 0.05) is 5.69 Å². The largest absolute Gasteiger partial charge is 0.493 e. The lowest BCUT2D eigenvalue weighted by Crippen LogP contribution is -2.13.